The SMILES string of the molecule is CCCNc1ncc(-c2ccc(Oc3ccc(NC(=O)Nc4cc(C(F)(F)F)ccc4Cl)cn3)cc2)s1. The van der Waals surface area contributed by atoms with Gasteiger partial charge in [-0.25, -0.2) is 14.8 Å². The Morgan fingerprint density at radius 2 is 1.81 bits per heavy atom. The van der Waals surface area contributed by atoms with Gasteiger partial charge in [-0.1, -0.05) is 29.9 Å². The number of urea groups is 1. The molecule has 192 valence electrons. The first kappa shape index (κ1) is 26.2. The third kappa shape index (κ3) is 7.11. The van der Waals surface area contributed by atoms with E-state index in [0.717, 1.165) is 46.7 Å². The molecule has 2 heterocycles. The summed E-state index contributed by atoms with van der Waals surface area (Å²) in [6.45, 7) is 2.97. The van der Waals surface area contributed by atoms with Crippen molar-refractivity contribution in [1.82, 2.24) is 9.97 Å². The zero-order valence-corrected chi connectivity index (χ0v) is 21.0. The molecule has 0 saturated heterocycles. The second-order valence-electron chi connectivity index (χ2n) is 7.74. The van der Waals surface area contributed by atoms with E-state index in [2.05, 4.69) is 32.8 Å². The maximum absolute atomic E-state index is 12.9. The summed E-state index contributed by atoms with van der Waals surface area (Å²) in [6, 6.07) is 12.5. The van der Waals surface area contributed by atoms with Crippen LogP contribution in [-0.4, -0.2) is 22.5 Å². The number of pyridine rings is 1. The first-order valence-electron chi connectivity index (χ1n) is 11.1. The van der Waals surface area contributed by atoms with E-state index in [1.807, 2.05) is 30.5 Å². The van der Waals surface area contributed by atoms with Gasteiger partial charge >= 0.3 is 12.2 Å². The Labute approximate surface area is 219 Å². The lowest BCUT2D eigenvalue weighted by atomic mass is 10.2. The number of carbonyl (C=O) groups excluding carboxylic acids is 1. The van der Waals surface area contributed by atoms with E-state index in [-0.39, 0.29) is 10.7 Å². The number of hydrogen-bond acceptors (Lipinski definition) is 6. The van der Waals surface area contributed by atoms with E-state index in [4.69, 9.17) is 16.3 Å². The Bertz CT molecular complexity index is 1360. The fourth-order valence-electron chi connectivity index (χ4n) is 3.13. The lowest BCUT2D eigenvalue weighted by Crippen LogP contribution is -2.20. The van der Waals surface area contributed by atoms with Crippen LogP contribution in [0.5, 0.6) is 11.6 Å². The van der Waals surface area contributed by atoms with Gasteiger partial charge in [0, 0.05) is 18.8 Å². The Morgan fingerprint density at radius 1 is 1.03 bits per heavy atom. The summed E-state index contributed by atoms with van der Waals surface area (Å²) in [6.07, 6.45) is -0.357. The number of anilines is 3. The number of nitrogens with one attached hydrogen (secondary N) is 3. The van der Waals surface area contributed by atoms with Gasteiger partial charge < -0.3 is 20.7 Å². The van der Waals surface area contributed by atoms with E-state index in [9.17, 15) is 18.0 Å². The van der Waals surface area contributed by atoms with Crippen molar-refractivity contribution in [3.05, 3.63) is 77.6 Å². The molecule has 4 rings (SSSR count). The van der Waals surface area contributed by atoms with Gasteiger partial charge in [-0.15, -0.1) is 0 Å². The van der Waals surface area contributed by atoms with Gasteiger partial charge in [-0.3, -0.25) is 0 Å². The second kappa shape index (κ2) is 11.5. The van der Waals surface area contributed by atoms with E-state index < -0.39 is 17.8 Å². The summed E-state index contributed by atoms with van der Waals surface area (Å²) in [4.78, 5) is 21.8. The molecule has 0 saturated carbocycles. The van der Waals surface area contributed by atoms with Crippen molar-refractivity contribution in [2.24, 2.45) is 0 Å². The van der Waals surface area contributed by atoms with Crippen LogP contribution in [-0.2, 0) is 6.18 Å². The van der Waals surface area contributed by atoms with Crippen LogP contribution in [0.25, 0.3) is 10.4 Å². The molecule has 12 heteroatoms. The van der Waals surface area contributed by atoms with Gasteiger partial charge in [0.1, 0.15) is 5.75 Å². The first-order valence-corrected chi connectivity index (χ1v) is 12.3. The van der Waals surface area contributed by atoms with Gasteiger partial charge in [0.05, 0.1) is 33.0 Å². The number of benzene rings is 2. The van der Waals surface area contributed by atoms with Crippen LogP contribution in [0.4, 0.5) is 34.5 Å². The van der Waals surface area contributed by atoms with Gasteiger partial charge in [-0.05, 0) is 60.5 Å². The molecule has 0 aliphatic heterocycles. The number of ether oxygens (including phenoxy) is 1. The minimum absolute atomic E-state index is 0.0278. The van der Waals surface area contributed by atoms with E-state index >= 15 is 0 Å². The summed E-state index contributed by atoms with van der Waals surface area (Å²) in [5.41, 5.74) is 0.219. The number of amides is 2. The summed E-state index contributed by atoms with van der Waals surface area (Å²) < 4.78 is 44.5. The Hall–Kier alpha value is -3.83. The third-order valence-electron chi connectivity index (χ3n) is 4.93. The molecule has 4 aromatic rings. The highest BCUT2D eigenvalue weighted by Crippen LogP contribution is 2.34. The summed E-state index contributed by atoms with van der Waals surface area (Å²) in [5, 5.41) is 8.91. The van der Waals surface area contributed by atoms with Crippen LogP contribution < -0.4 is 20.7 Å². The number of thiazole rings is 1. The largest absolute Gasteiger partial charge is 0.439 e. The van der Waals surface area contributed by atoms with Gasteiger partial charge in [-0.2, -0.15) is 13.2 Å². The van der Waals surface area contributed by atoms with Crippen LogP contribution in [0.1, 0.15) is 18.9 Å². The molecule has 0 aliphatic carbocycles. The summed E-state index contributed by atoms with van der Waals surface area (Å²) in [7, 11) is 0. The van der Waals surface area contributed by atoms with Crippen LogP contribution in [0.2, 0.25) is 5.02 Å². The van der Waals surface area contributed by atoms with E-state index in [1.165, 1.54) is 6.20 Å². The maximum Gasteiger partial charge on any atom is 0.416 e. The molecule has 0 aliphatic rings. The quantitative estimate of drug-likeness (QED) is 0.207. The maximum atomic E-state index is 12.9. The average Bonchev–Trinajstić information content (AvgIpc) is 3.34. The van der Waals surface area contributed by atoms with E-state index in [0.29, 0.717) is 17.3 Å². The van der Waals surface area contributed by atoms with Crippen LogP contribution >= 0.6 is 22.9 Å². The van der Waals surface area contributed by atoms with Crippen molar-refractivity contribution in [3.8, 4) is 22.1 Å². The highest BCUT2D eigenvalue weighted by atomic mass is 35.5. The number of halogens is 4. The van der Waals surface area contributed by atoms with E-state index in [1.54, 1.807) is 23.5 Å². The van der Waals surface area contributed by atoms with Gasteiger partial charge in [0.25, 0.3) is 0 Å². The number of rotatable bonds is 8. The lowest BCUT2D eigenvalue weighted by molar-refractivity contribution is -0.137. The van der Waals surface area contributed by atoms with Gasteiger partial charge in [0.15, 0.2) is 5.13 Å². The molecule has 0 unspecified atom stereocenters. The molecular formula is C25H21ClF3N5O2S. The fourth-order valence-corrected chi connectivity index (χ4v) is 4.14. The molecule has 0 spiro atoms. The molecule has 0 fully saturated rings. The van der Waals surface area contributed by atoms with Crippen molar-refractivity contribution in [1.29, 1.82) is 0 Å². The number of aromatic nitrogens is 2. The normalized spacial score (nSPS) is 11.2. The second-order valence-corrected chi connectivity index (χ2v) is 9.18. The van der Waals surface area contributed by atoms with Crippen molar-refractivity contribution in [3.63, 3.8) is 0 Å². The third-order valence-corrected chi connectivity index (χ3v) is 6.26. The number of hydrogen-bond donors (Lipinski definition) is 3. The zero-order chi connectivity index (χ0) is 26.4. The molecular weight excluding hydrogens is 527 g/mol. The van der Waals surface area contributed by atoms with Crippen molar-refractivity contribution in [2.45, 2.75) is 19.5 Å². The molecule has 2 aromatic carbocycles. The topological polar surface area (TPSA) is 88.2 Å². The molecule has 3 N–H and O–H groups in total. The predicted octanol–water partition coefficient (Wildman–Crippen LogP) is 8.14. The molecule has 0 bridgehead atoms. The fraction of sp³-hybridized carbons (Fsp3) is 0.160. The van der Waals surface area contributed by atoms with Crippen molar-refractivity contribution < 1.29 is 22.7 Å². The van der Waals surface area contributed by atoms with Gasteiger partial charge in [0.2, 0.25) is 5.88 Å². The Morgan fingerprint density at radius 3 is 2.49 bits per heavy atom. The van der Waals surface area contributed by atoms with Crippen molar-refractivity contribution in [2.75, 3.05) is 22.5 Å². The monoisotopic (exact) mass is 547 g/mol. The first-order chi connectivity index (χ1) is 17.7. The highest BCUT2D eigenvalue weighted by molar-refractivity contribution is 7.18. The minimum atomic E-state index is -4.56. The minimum Gasteiger partial charge on any atom is -0.439 e. The Balaban J connectivity index is 1.33. The van der Waals surface area contributed by atoms with Crippen LogP contribution in [0, 0.1) is 0 Å². The lowest BCUT2D eigenvalue weighted by Gasteiger charge is -2.12. The Kier molecular flexibility index (Phi) is 8.14. The van der Waals surface area contributed by atoms with Crippen molar-refractivity contribution >= 4 is 45.5 Å². The number of alkyl halides is 3. The highest BCUT2D eigenvalue weighted by Gasteiger charge is 2.31. The standard InChI is InChI=1S/C25H21ClF3N5O2S/c1-2-11-30-24-32-14-21(37-24)15-3-7-18(8-4-15)36-22-10-6-17(13-31-22)33-23(35)34-20-12-16(25(27,28)29)5-9-19(20)26/h3-10,12-14H,2,11H2,1H3,(H,30,32)(H2,33,34,35). The molecule has 2 aromatic heterocycles. The molecule has 7 nitrogen and oxygen atoms in total. The van der Waals surface area contributed by atoms with Crippen LogP contribution in [0.3, 0.4) is 0 Å². The average molecular weight is 548 g/mol. The molecule has 37 heavy (non-hydrogen) atoms. The zero-order valence-electron chi connectivity index (χ0n) is 19.4. The molecule has 0 atom stereocenters. The summed E-state index contributed by atoms with van der Waals surface area (Å²) in [5.74, 6) is 0.867. The van der Waals surface area contributed by atoms with Crippen LogP contribution in [0.15, 0.2) is 67.0 Å². The smallest absolute Gasteiger partial charge is 0.416 e. The number of nitrogens with zero attached hydrogens (tertiary/aromatic N) is 2. The summed E-state index contributed by atoms with van der Waals surface area (Å²) >= 11 is 7.48. The number of carbonyl (C=O) groups is 1. The predicted molar refractivity (Wildman–Crippen MR) is 140 cm³/mol. The molecule has 0 radical (unpaired) electrons. The molecule has 2 amide bonds.